The molecule has 0 aliphatic rings. The highest BCUT2D eigenvalue weighted by molar-refractivity contribution is 5.94. The topological polar surface area (TPSA) is 99.8 Å². The van der Waals surface area contributed by atoms with Gasteiger partial charge >= 0.3 is 5.63 Å². The van der Waals surface area contributed by atoms with E-state index in [9.17, 15) is 28.6 Å². The van der Waals surface area contributed by atoms with Crippen LogP contribution in [0.15, 0.2) is 39.5 Å². The molecule has 3 aromatic rings. The van der Waals surface area contributed by atoms with Gasteiger partial charge in [-0.25, -0.2) is 13.6 Å². The largest absolute Gasteiger partial charge is 0.508 e. The Labute approximate surface area is 145 Å². The zero-order valence-corrected chi connectivity index (χ0v) is 13.5. The summed E-state index contributed by atoms with van der Waals surface area (Å²) < 4.78 is 31.6. The Morgan fingerprint density at radius 2 is 1.92 bits per heavy atom. The van der Waals surface area contributed by atoms with Crippen LogP contribution in [0.25, 0.3) is 11.0 Å². The molecule has 1 amide bonds. The SMILES string of the molecule is Cc1c(CC(=O)Nc2ccc(F)cc2F)c(=O)oc2cc(O)cc(O)c12. The van der Waals surface area contributed by atoms with E-state index in [1.165, 1.54) is 13.0 Å². The second-order valence-electron chi connectivity index (χ2n) is 5.68. The van der Waals surface area contributed by atoms with Gasteiger partial charge in [-0.3, -0.25) is 4.79 Å². The standard InChI is InChI=1S/C18H13F2NO5/c1-8-11(7-16(24)21-13-3-2-9(19)4-12(13)20)18(25)26-15-6-10(22)5-14(23)17(8)15/h2-6,22-23H,7H2,1H3,(H,21,24). The average Bonchev–Trinajstić information content (AvgIpc) is 2.53. The van der Waals surface area contributed by atoms with E-state index in [1.54, 1.807) is 0 Å². The molecule has 6 nitrogen and oxygen atoms in total. The molecule has 3 N–H and O–H groups in total. The molecule has 0 aliphatic carbocycles. The highest BCUT2D eigenvalue weighted by Gasteiger charge is 2.18. The van der Waals surface area contributed by atoms with E-state index in [4.69, 9.17) is 4.42 Å². The maximum atomic E-state index is 13.6. The highest BCUT2D eigenvalue weighted by atomic mass is 19.1. The van der Waals surface area contributed by atoms with E-state index in [0.29, 0.717) is 11.6 Å². The molecule has 0 atom stereocenters. The number of aromatic hydroxyl groups is 2. The smallest absolute Gasteiger partial charge is 0.340 e. The van der Waals surface area contributed by atoms with Crippen LogP contribution in [0.3, 0.4) is 0 Å². The molecule has 1 aromatic heterocycles. The van der Waals surface area contributed by atoms with Crippen molar-refractivity contribution in [1.82, 2.24) is 0 Å². The zero-order valence-electron chi connectivity index (χ0n) is 13.5. The van der Waals surface area contributed by atoms with Crippen molar-refractivity contribution in [1.29, 1.82) is 0 Å². The molecular weight excluding hydrogens is 348 g/mol. The number of nitrogens with one attached hydrogen (secondary N) is 1. The predicted octanol–water partition coefficient (Wildman–Crippen LogP) is 2.97. The van der Waals surface area contributed by atoms with Crippen LogP contribution in [-0.4, -0.2) is 16.1 Å². The number of hydrogen-bond donors (Lipinski definition) is 3. The summed E-state index contributed by atoms with van der Waals surface area (Å²) in [5, 5.41) is 21.9. The van der Waals surface area contributed by atoms with E-state index in [1.807, 2.05) is 0 Å². The highest BCUT2D eigenvalue weighted by Crippen LogP contribution is 2.32. The van der Waals surface area contributed by atoms with E-state index in [0.717, 1.165) is 18.2 Å². The van der Waals surface area contributed by atoms with Gasteiger partial charge in [-0.15, -0.1) is 0 Å². The van der Waals surface area contributed by atoms with Crippen LogP contribution < -0.4 is 10.9 Å². The Morgan fingerprint density at radius 3 is 2.62 bits per heavy atom. The third-order valence-electron chi connectivity index (χ3n) is 3.89. The van der Waals surface area contributed by atoms with E-state index in [2.05, 4.69) is 5.32 Å². The molecule has 0 spiro atoms. The molecule has 134 valence electrons. The third kappa shape index (κ3) is 3.21. The predicted molar refractivity (Wildman–Crippen MR) is 89.2 cm³/mol. The number of rotatable bonds is 3. The lowest BCUT2D eigenvalue weighted by molar-refractivity contribution is -0.115. The molecule has 26 heavy (non-hydrogen) atoms. The molecule has 8 heteroatoms. The van der Waals surface area contributed by atoms with Gasteiger partial charge < -0.3 is 19.9 Å². The van der Waals surface area contributed by atoms with Crippen molar-refractivity contribution in [3.8, 4) is 11.5 Å². The molecule has 1 heterocycles. The summed E-state index contributed by atoms with van der Waals surface area (Å²) in [7, 11) is 0. The van der Waals surface area contributed by atoms with Crippen molar-refractivity contribution in [2.75, 3.05) is 5.32 Å². The fourth-order valence-electron chi connectivity index (χ4n) is 2.66. The van der Waals surface area contributed by atoms with E-state index < -0.39 is 29.6 Å². The first-order valence-corrected chi connectivity index (χ1v) is 7.49. The Balaban J connectivity index is 1.95. The van der Waals surface area contributed by atoms with Gasteiger partial charge in [-0.2, -0.15) is 0 Å². The molecule has 0 saturated carbocycles. The molecule has 0 unspecified atom stereocenters. The number of carbonyl (C=O) groups excluding carboxylic acids is 1. The van der Waals surface area contributed by atoms with Crippen LogP contribution in [0.4, 0.5) is 14.5 Å². The lowest BCUT2D eigenvalue weighted by Crippen LogP contribution is -2.21. The summed E-state index contributed by atoms with van der Waals surface area (Å²) in [6, 6.07) is 4.91. The van der Waals surface area contributed by atoms with Crippen LogP contribution in [0.2, 0.25) is 0 Å². The van der Waals surface area contributed by atoms with Gasteiger partial charge in [0.05, 0.1) is 23.1 Å². The molecule has 0 saturated heterocycles. The van der Waals surface area contributed by atoms with Crippen LogP contribution in [0, 0.1) is 18.6 Å². The minimum atomic E-state index is -0.950. The number of amides is 1. The molecule has 2 aromatic carbocycles. The maximum Gasteiger partial charge on any atom is 0.340 e. The summed E-state index contributed by atoms with van der Waals surface area (Å²) in [6.45, 7) is 1.51. The van der Waals surface area contributed by atoms with Crippen molar-refractivity contribution in [3.63, 3.8) is 0 Å². The molecular formula is C18H13F2NO5. The van der Waals surface area contributed by atoms with Crippen molar-refractivity contribution in [2.45, 2.75) is 13.3 Å². The van der Waals surface area contributed by atoms with Gasteiger partial charge in [-0.05, 0) is 24.6 Å². The summed E-state index contributed by atoms with van der Waals surface area (Å²) in [5.41, 5.74) is -0.817. The van der Waals surface area contributed by atoms with Crippen molar-refractivity contribution >= 4 is 22.6 Å². The Morgan fingerprint density at radius 1 is 1.19 bits per heavy atom. The van der Waals surface area contributed by atoms with Gasteiger partial charge in [0.1, 0.15) is 28.7 Å². The zero-order chi connectivity index (χ0) is 19.0. The maximum absolute atomic E-state index is 13.6. The summed E-state index contributed by atoms with van der Waals surface area (Å²) in [5.74, 6) is -3.05. The van der Waals surface area contributed by atoms with Gasteiger partial charge in [0, 0.05) is 18.2 Å². The second-order valence-corrected chi connectivity index (χ2v) is 5.68. The van der Waals surface area contributed by atoms with E-state index >= 15 is 0 Å². The monoisotopic (exact) mass is 361 g/mol. The normalized spacial score (nSPS) is 10.9. The van der Waals surface area contributed by atoms with Crippen molar-refractivity contribution in [3.05, 3.63) is 63.5 Å². The molecule has 3 rings (SSSR count). The Kier molecular flexibility index (Phi) is 4.33. The van der Waals surface area contributed by atoms with Crippen LogP contribution in [0.5, 0.6) is 11.5 Å². The second kappa shape index (κ2) is 6.47. The fourth-order valence-corrected chi connectivity index (χ4v) is 2.66. The summed E-state index contributed by atoms with van der Waals surface area (Å²) >= 11 is 0. The van der Waals surface area contributed by atoms with Gasteiger partial charge in [0.25, 0.3) is 0 Å². The lowest BCUT2D eigenvalue weighted by Gasteiger charge is -2.10. The number of aryl methyl sites for hydroxylation is 1. The molecule has 0 radical (unpaired) electrons. The van der Waals surface area contributed by atoms with Crippen LogP contribution >= 0.6 is 0 Å². The van der Waals surface area contributed by atoms with Crippen LogP contribution in [0.1, 0.15) is 11.1 Å². The summed E-state index contributed by atoms with van der Waals surface area (Å²) in [6.07, 6.45) is -0.443. The number of benzene rings is 2. The number of fused-ring (bicyclic) bond motifs is 1. The number of halogens is 2. The minimum Gasteiger partial charge on any atom is -0.508 e. The average molecular weight is 361 g/mol. The quantitative estimate of drug-likeness (QED) is 0.623. The van der Waals surface area contributed by atoms with Gasteiger partial charge in [0.2, 0.25) is 5.91 Å². The number of hydrogen-bond acceptors (Lipinski definition) is 5. The van der Waals surface area contributed by atoms with Gasteiger partial charge in [0.15, 0.2) is 0 Å². The molecule has 0 fully saturated rings. The first-order valence-electron chi connectivity index (χ1n) is 7.49. The number of phenolic OH excluding ortho intramolecular Hbond substituents is 2. The van der Waals surface area contributed by atoms with Crippen LogP contribution in [-0.2, 0) is 11.2 Å². The van der Waals surface area contributed by atoms with E-state index in [-0.39, 0.29) is 33.7 Å². The Bertz CT molecular complexity index is 1090. The number of anilines is 1. The fraction of sp³-hybridized carbons (Fsp3) is 0.111. The summed E-state index contributed by atoms with van der Waals surface area (Å²) in [4.78, 5) is 24.3. The van der Waals surface area contributed by atoms with Crippen molar-refractivity contribution in [2.24, 2.45) is 0 Å². The first-order chi connectivity index (χ1) is 12.3. The number of carbonyl (C=O) groups is 1. The van der Waals surface area contributed by atoms with Gasteiger partial charge in [-0.1, -0.05) is 0 Å². The number of phenols is 2. The Hall–Kier alpha value is -3.42. The first kappa shape index (κ1) is 17.4. The van der Waals surface area contributed by atoms with Crippen molar-refractivity contribution < 1.29 is 28.2 Å². The molecule has 0 aliphatic heterocycles. The minimum absolute atomic E-state index is 0.0289. The molecule has 0 bridgehead atoms. The third-order valence-corrected chi connectivity index (χ3v) is 3.89. The lowest BCUT2D eigenvalue weighted by atomic mass is 10.0.